The summed E-state index contributed by atoms with van der Waals surface area (Å²) >= 11 is 0. The van der Waals surface area contributed by atoms with Crippen LogP contribution < -0.4 is 5.73 Å². The third kappa shape index (κ3) is 2.28. The molecule has 1 aliphatic heterocycles. The molecule has 1 fully saturated rings. The van der Waals surface area contributed by atoms with Crippen molar-refractivity contribution in [1.82, 2.24) is 4.90 Å². The van der Waals surface area contributed by atoms with E-state index in [4.69, 9.17) is 5.73 Å². The Balaban J connectivity index is 2.15. The molecule has 0 spiro atoms. The maximum absolute atomic E-state index is 10.7. The molecule has 4 nitrogen and oxygen atoms in total. The van der Waals surface area contributed by atoms with E-state index in [0.717, 1.165) is 24.7 Å². The van der Waals surface area contributed by atoms with E-state index in [1.807, 2.05) is 35.2 Å². The third-order valence-corrected chi connectivity index (χ3v) is 3.75. The molecule has 1 heterocycles. The molecule has 1 unspecified atom stereocenters. The minimum Gasteiger partial charge on any atom is -0.310 e. The quantitative estimate of drug-likeness (QED) is 0.805. The topological polar surface area (TPSA) is 70.1 Å². The zero-order valence-corrected chi connectivity index (χ0v) is 10.2. The number of carbonyl (C=O) groups excluding carboxylic acids is 1. The Bertz CT molecular complexity index is 444. The normalized spacial score (nSPS) is 20.9. The Morgan fingerprint density at radius 2 is 1.94 bits per heavy atom. The van der Waals surface area contributed by atoms with Crippen molar-refractivity contribution >= 4 is 6.29 Å². The van der Waals surface area contributed by atoms with Crippen molar-refractivity contribution in [3.63, 3.8) is 0 Å². The number of piperidine rings is 1. The van der Waals surface area contributed by atoms with Gasteiger partial charge in [0.2, 0.25) is 0 Å². The molecule has 4 heteroatoms. The fourth-order valence-electron chi connectivity index (χ4n) is 2.51. The van der Waals surface area contributed by atoms with Gasteiger partial charge < -0.3 is 10.5 Å². The molecule has 0 aliphatic carbocycles. The summed E-state index contributed by atoms with van der Waals surface area (Å²) in [6.45, 7) is 1.37. The number of nitrogens with two attached hydrogens (primary N) is 1. The van der Waals surface area contributed by atoms with Crippen molar-refractivity contribution in [3.8, 4) is 6.07 Å². The first-order chi connectivity index (χ1) is 8.72. The lowest BCUT2D eigenvalue weighted by Gasteiger charge is -2.38. The molecule has 1 saturated heterocycles. The SMILES string of the molecule is N#CC1(c2ccccc2)CCN(C(N)C=O)CC1. The van der Waals surface area contributed by atoms with E-state index in [-0.39, 0.29) is 0 Å². The van der Waals surface area contributed by atoms with E-state index < -0.39 is 11.6 Å². The van der Waals surface area contributed by atoms with Crippen LogP contribution in [0.15, 0.2) is 30.3 Å². The number of hydrogen-bond acceptors (Lipinski definition) is 4. The summed E-state index contributed by atoms with van der Waals surface area (Å²) in [7, 11) is 0. The van der Waals surface area contributed by atoms with E-state index in [2.05, 4.69) is 6.07 Å². The number of rotatable bonds is 3. The maximum Gasteiger partial charge on any atom is 0.151 e. The van der Waals surface area contributed by atoms with Gasteiger partial charge in [0, 0.05) is 13.1 Å². The van der Waals surface area contributed by atoms with Gasteiger partial charge in [-0.25, -0.2) is 0 Å². The molecular formula is C14H17N3O. The average Bonchev–Trinajstić information content (AvgIpc) is 2.47. The van der Waals surface area contributed by atoms with Crippen LogP contribution in [0.25, 0.3) is 0 Å². The Hall–Kier alpha value is -1.70. The zero-order chi connectivity index (χ0) is 13.0. The smallest absolute Gasteiger partial charge is 0.151 e. The fourth-order valence-corrected chi connectivity index (χ4v) is 2.51. The molecule has 0 bridgehead atoms. The van der Waals surface area contributed by atoms with Crippen LogP contribution >= 0.6 is 0 Å². The Kier molecular flexibility index (Phi) is 3.75. The first-order valence-electron chi connectivity index (χ1n) is 6.13. The van der Waals surface area contributed by atoms with Gasteiger partial charge in [0.1, 0.15) is 6.17 Å². The number of hydrogen-bond donors (Lipinski definition) is 1. The van der Waals surface area contributed by atoms with Crippen molar-refractivity contribution < 1.29 is 4.79 Å². The molecule has 1 atom stereocenters. The largest absolute Gasteiger partial charge is 0.310 e. The number of benzene rings is 1. The van der Waals surface area contributed by atoms with Crippen molar-refractivity contribution in [1.29, 1.82) is 5.26 Å². The standard InChI is InChI=1S/C14H17N3O/c15-11-14(12-4-2-1-3-5-12)6-8-17(9-7-14)13(16)10-18/h1-5,10,13H,6-9,16H2. The zero-order valence-electron chi connectivity index (χ0n) is 10.2. The predicted octanol–water partition coefficient (Wildman–Crippen LogP) is 1.03. The number of likely N-dealkylation sites (tertiary alicyclic amines) is 1. The Morgan fingerprint density at radius 3 is 2.44 bits per heavy atom. The van der Waals surface area contributed by atoms with Crippen LogP contribution in [-0.2, 0) is 10.2 Å². The van der Waals surface area contributed by atoms with E-state index in [1.165, 1.54) is 0 Å². The summed E-state index contributed by atoms with van der Waals surface area (Å²) in [6, 6.07) is 12.3. The molecule has 94 valence electrons. The minimum atomic E-state index is -0.544. The lowest BCUT2D eigenvalue weighted by molar-refractivity contribution is -0.112. The second-order valence-corrected chi connectivity index (χ2v) is 4.72. The minimum absolute atomic E-state index is 0.430. The van der Waals surface area contributed by atoms with E-state index in [9.17, 15) is 10.1 Å². The van der Waals surface area contributed by atoms with Crippen LogP contribution in [0.3, 0.4) is 0 Å². The molecule has 1 aromatic rings. The Morgan fingerprint density at radius 1 is 1.33 bits per heavy atom. The van der Waals surface area contributed by atoms with Gasteiger partial charge in [-0.1, -0.05) is 30.3 Å². The van der Waals surface area contributed by atoms with E-state index >= 15 is 0 Å². The highest BCUT2D eigenvalue weighted by Crippen LogP contribution is 2.34. The van der Waals surface area contributed by atoms with Gasteiger partial charge >= 0.3 is 0 Å². The lowest BCUT2D eigenvalue weighted by atomic mass is 9.74. The third-order valence-electron chi connectivity index (χ3n) is 3.75. The first-order valence-corrected chi connectivity index (χ1v) is 6.13. The van der Waals surface area contributed by atoms with Crippen LogP contribution in [0.1, 0.15) is 18.4 Å². The number of nitriles is 1. The van der Waals surface area contributed by atoms with E-state index in [1.54, 1.807) is 0 Å². The van der Waals surface area contributed by atoms with Crippen LogP contribution in [0, 0.1) is 11.3 Å². The first kappa shape index (κ1) is 12.7. The van der Waals surface area contributed by atoms with Crippen LogP contribution in [0.5, 0.6) is 0 Å². The summed E-state index contributed by atoms with van der Waals surface area (Å²) in [5.41, 5.74) is 6.32. The average molecular weight is 243 g/mol. The second kappa shape index (κ2) is 5.30. The maximum atomic E-state index is 10.7. The fraction of sp³-hybridized carbons (Fsp3) is 0.429. The monoisotopic (exact) mass is 243 g/mol. The van der Waals surface area contributed by atoms with Crippen LogP contribution in [0.4, 0.5) is 0 Å². The molecule has 1 aromatic carbocycles. The van der Waals surface area contributed by atoms with E-state index in [0.29, 0.717) is 13.1 Å². The molecule has 0 saturated carbocycles. The van der Waals surface area contributed by atoms with Crippen molar-refractivity contribution in [3.05, 3.63) is 35.9 Å². The summed E-state index contributed by atoms with van der Waals surface area (Å²) in [5, 5.41) is 9.51. The summed E-state index contributed by atoms with van der Waals surface area (Å²) in [6.07, 6.45) is 1.64. The highest BCUT2D eigenvalue weighted by atomic mass is 16.1. The molecule has 1 aliphatic rings. The van der Waals surface area contributed by atoms with Crippen LogP contribution in [0.2, 0.25) is 0 Å². The lowest BCUT2D eigenvalue weighted by Crippen LogP contribution is -2.50. The highest BCUT2D eigenvalue weighted by molar-refractivity contribution is 5.56. The van der Waals surface area contributed by atoms with Crippen LogP contribution in [-0.4, -0.2) is 30.4 Å². The summed E-state index contributed by atoms with van der Waals surface area (Å²) in [5.74, 6) is 0. The van der Waals surface area contributed by atoms with Gasteiger partial charge in [0.05, 0.1) is 11.5 Å². The molecular weight excluding hydrogens is 226 g/mol. The Labute approximate surface area is 107 Å². The molecule has 2 rings (SSSR count). The molecule has 0 aromatic heterocycles. The number of carbonyl (C=O) groups is 1. The molecule has 0 amide bonds. The van der Waals surface area contributed by atoms with Crippen molar-refractivity contribution in [2.45, 2.75) is 24.4 Å². The van der Waals surface area contributed by atoms with Gasteiger partial charge in [-0.05, 0) is 18.4 Å². The van der Waals surface area contributed by atoms with Crippen molar-refractivity contribution in [2.24, 2.45) is 5.73 Å². The number of aldehydes is 1. The highest BCUT2D eigenvalue weighted by Gasteiger charge is 2.37. The molecule has 18 heavy (non-hydrogen) atoms. The molecule has 2 N–H and O–H groups in total. The summed E-state index contributed by atoms with van der Waals surface area (Å²) in [4.78, 5) is 12.6. The van der Waals surface area contributed by atoms with Gasteiger partial charge in [-0.2, -0.15) is 5.26 Å². The van der Waals surface area contributed by atoms with Crippen molar-refractivity contribution in [2.75, 3.05) is 13.1 Å². The van der Waals surface area contributed by atoms with Gasteiger partial charge in [0.15, 0.2) is 6.29 Å². The van der Waals surface area contributed by atoms with Gasteiger partial charge in [0.25, 0.3) is 0 Å². The predicted molar refractivity (Wildman–Crippen MR) is 68.6 cm³/mol. The molecule has 0 radical (unpaired) electrons. The summed E-state index contributed by atoms with van der Waals surface area (Å²) < 4.78 is 0. The second-order valence-electron chi connectivity index (χ2n) is 4.72. The van der Waals surface area contributed by atoms with Gasteiger partial charge in [-0.3, -0.25) is 4.90 Å². The van der Waals surface area contributed by atoms with Gasteiger partial charge in [-0.15, -0.1) is 0 Å². The number of nitrogens with zero attached hydrogens (tertiary/aromatic N) is 2.